The summed E-state index contributed by atoms with van der Waals surface area (Å²) in [5, 5.41) is 13.9. The molecule has 1 unspecified atom stereocenters. The van der Waals surface area contributed by atoms with Gasteiger partial charge in [0.2, 0.25) is 0 Å². The van der Waals surface area contributed by atoms with Gasteiger partial charge in [-0.3, -0.25) is 4.79 Å². The van der Waals surface area contributed by atoms with E-state index in [0.717, 1.165) is 25.2 Å². The van der Waals surface area contributed by atoms with Crippen LogP contribution in [0.1, 0.15) is 26.7 Å². The first-order valence-corrected chi connectivity index (χ1v) is 6.96. The summed E-state index contributed by atoms with van der Waals surface area (Å²) in [6, 6.07) is 1.61. The molecule has 0 spiro atoms. The minimum absolute atomic E-state index is 0.132. The van der Waals surface area contributed by atoms with Gasteiger partial charge in [-0.05, 0) is 26.7 Å². The van der Waals surface area contributed by atoms with Crippen molar-refractivity contribution in [3.05, 3.63) is 22.6 Å². The fourth-order valence-electron chi connectivity index (χ4n) is 2.30. The van der Waals surface area contributed by atoms with Crippen LogP contribution < -0.4 is 10.5 Å². The third-order valence-electron chi connectivity index (χ3n) is 3.63. The molecule has 0 amide bonds. The largest absolute Gasteiger partial charge is 0.390 e. The maximum Gasteiger partial charge on any atom is 0.268 e. The van der Waals surface area contributed by atoms with Gasteiger partial charge in [0, 0.05) is 32.8 Å². The number of methoxy groups -OCH3 is 1. The first kappa shape index (κ1) is 15.0. The molecule has 1 aliphatic rings. The molecule has 2 heterocycles. The predicted molar refractivity (Wildman–Crippen MR) is 77.0 cm³/mol. The van der Waals surface area contributed by atoms with Crippen molar-refractivity contribution in [2.75, 3.05) is 25.1 Å². The van der Waals surface area contributed by atoms with Gasteiger partial charge in [-0.25, -0.2) is 4.68 Å². The van der Waals surface area contributed by atoms with Crippen molar-refractivity contribution in [1.82, 2.24) is 9.78 Å². The number of anilines is 1. The molecule has 112 valence electrons. The molecule has 1 N–H and O–H groups in total. The van der Waals surface area contributed by atoms with Crippen LogP contribution in [0.3, 0.4) is 0 Å². The van der Waals surface area contributed by atoms with Crippen LogP contribution in [0.5, 0.6) is 0 Å². The van der Waals surface area contributed by atoms with E-state index in [-0.39, 0.29) is 11.7 Å². The Labute approximate surface area is 119 Å². The van der Waals surface area contributed by atoms with Gasteiger partial charge in [0.05, 0.1) is 23.6 Å². The molecule has 1 aliphatic heterocycles. The summed E-state index contributed by atoms with van der Waals surface area (Å²) < 4.78 is 6.71. The monoisotopic (exact) mass is 281 g/mol. The molecule has 2 rings (SSSR count). The summed E-state index contributed by atoms with van der Waals surface area (Å²) in [7, 11) is 1.71. The van der Waals surface area contributed by atoms with Crippen LogP contribution in [0.25, 0.3) is 0 Å². The second kappa shape index (κ2) is 5.93. The van der Waals surface area contributed by atoms with Crippen LogP contribution in [-0.2, 0) is 11.3 Å². The van der Waals surface area contributed by atoms with Crippen LogP contribution in [-0.4, -0.2) is 46.8 Å². The van der Waals surface area contributed by atoms with Gasteiger partial charge in [-0.15, -0.1) is 0 Å². The average molecular weight is 281 g/mol. The second-order valence-electron chi connectivity index (χ2n) is 5.93. The van der Waals surface area contributed by atoms with Crippen LogP contribution in [0.2, 0.25) is 0 Å². The minimum Gasteiger partial charge on any atom is -0.390 e. The number of aryl methyl sites for hydroxylation is 1. The van der Waals surface area contributed by atoms with Crippen molar-refractivity contribution in [2.45, 2.75) is 44.9 Å². The number of aliphatic hydroxyl groups is 1. The summed E-state index contributed by atoms with van der Waals surface area (Å²) >= 11 is 0. The Balaban J connectivity index is 2.05. The number of aromatic nitrogens is 2. The van der Waals surface area contributed by atoms with Crippen LogP contribution in [0.15, 0.2) is 17.1 Å². The van der Waals surface area contributed by atoms with E-state index in [0.29, 0.717) is 13.0 Å². The first-order chi connectivity index (χ1) is 9.39. The van der Waals surface area contributed by atoms with E-state index >= 15 is 0 Å². The Morgan fingerprint density at radius 1 is 1.55 bits per heavy atom. The van der Waals surface area contributed by atoms with Gasteiger partial charge >= 0.3 is 0 Å². The molecule has 20 heavy (non-hydrogen) atoms. The smallest absolute Gasteiger partial charge is 0.268 e. The lowest BCUT2D eigenvalue weighted by atomic mass is 10.1. The fraction of sp³-hybridized carbons (Fsp3) is 0.714. The third-order valence-corrected chi connectivity index (χ3v) is 3.63. The molecule has 1 saturated heterocycles. The molecule has 0 bridgehead atoms. The van der Waals surface area contributed by atoms with Gasteiger partial charge in [0.1, 0.15) is 0 Å². The third kappa shape index (κ3) is 3.80. The molecule has 1 aromatic heterocycles. The Kier molecular flexibility index (Phi) is 4.45. The Morgan fingerprint density at radius 3 is 2.85 bits per heavy atom. The summed E-state index contributed by atoms with van der Waals surface area (Å²) in [5.74, 6) is 0. The summed E-state index contributed by atoms with van der Waals surface area (Å²) in [5.41, 5.74) is -0.0814. The number of rotatable bonds is 5. The lowest BCUT2D eigenvalue weighted by molar-refractivity contribution is 0.0646. The van der Waals surface area contributed by atoms with Crippen molar-refractivity contribution < 1.29 is 9.84 Å². The zero-order valence-electron chi connectivity index (χ0n) is 12.4. The SMILES string of the molecule is COC1CCN(c2cnn(CCC(C)(C)O)c(=O)c2)C1. The fourth-order valence-corrected chi connectivity index (χ4v) is 2.30. The maximum atomic E-state index is 12.0. The molecular weight excluding hydrogens is 258 g/mol. The van der Waals surface area contributed by atoms with Gasteiger partial charge in [-0.1, -0.05) is 0 Å². The molecule has 1 atom stereocenters. The van der Waals surface area contributed by atoms with E-state index in [1.807, 2.05) is 0 Å². The zero-order valence-corrected chi connectivity index (χ0v) is 12.4. The lowest BCUT2D eigenvalue weighted by Gasteiger charge is -2.19. The van der Waals surface area contributed by atoms with Crippen molar-refractivity contribution in [2.24, 2.45) is 0 Å². The van der Waals surface area contributed by atoms with Crippen molar-refractivity contribution in [1.29, 1.82) is 0 Å². The van der Waals surface area contributed by atoms with Crippen LogP contribution in [0, 0.1) is 0 Å². The molecule has 1 aromatic rings. The number of hydrogen-bond acceptors (Lipinski definition) is 5. The van der Waals surface area contributed by atoms with Gasteiger partial charge in [0.25, 0.3) is 5.56 Å². The molecule has 6 heteroatoms. The molecule has 0 saturated carbocycles. The number of nitrogens with zero attached hydrogens (tertiary/aromatic N) is 3. The topological polar surface area (TPSA) is 67.6 Å². The average Bonchev–Trinajstić information content (AvgIpc) is 2.85. The Hall–Kier alpha value is -1.40. The van der Waals surface area contributed by atoms with Gasteiger partial charge in [0.15, 0.2) is 0 Å². The first-order valence-electron chi connectivity index (χ1n) is 6.96. The number of hydrogen-bond donors (Lipinski definition) is 1. The highest BCUT2D eigenvalue weighted by atomic mass is 16.5. The van der Waals surface area contributed by atoms with Gasteiger partial charge in [-0.2, -0.15) is 5.10 Å². The van der Waals surface area contributed by atoms with Crippen molar-refractivity contribution in [3.63, 3.8) is 0 Å². The van der Waals surface area contributed by atoms with E-state index < -0.39 is 5.60 Å². The summed E-state index contributed by atoms with van der Waals surface area (Å²) in [4.78, 5) is 14.1. The van der Waals surface area contributed by atoms with Crippen LogP contribution in [0.4, 0.5) is 5.69 Å². The van der Waals surface area contributed by atoms with Crippen molar-refractivity contribution >= 4 is 5.69 Å². The molecular formula is C14H23N3O3. The lowest BCUT2D eigenvalue weighted by Crippen LogP contribution is -2.30. The highest BCUT2D eigenvalue weighted by Gasteiger charge is 2.23. The molecule has 6 nitrogen and oxygen atoms in total. The minimum atomic E-state index is -0.791. The van der Waals surface area contributed by atoms with E-state index in [1.54, 1.807) is 33.2 Å². The van der Waals surface area contributed by atoms with Crippen LogP contribution >= 0.6 is 0 Å². The second-order valence-corrected chi connectivity index (χ2v) is 5.93. The van der Waals surface area contributed by atoms with E-state index in [4.69, 9.17) is 4.74 Å². The molecule has 0 aromatic carbocycles. The van der Waals surface area contributed by atoms with E-state index in [9.17, 15) is 9.90 Å². The quantitative estimate of drug-likeness (QED) is 0.857. The zero-order chi connectivity index (χ0) is 14.8. The predicted octanol–water partition coefficient (Wildman–Crippen LogP) is 0.629. The molecule has 0 radical (unpaired) electrons. The molecule has 0 aliphatic carbocycles. The summed E-state index contributed by atoms with van der Waals surface area (Å²) in [6.07, 6.45) is 3.41. The van der Waals surface area contributed by atoms with E-state index in [1.165, 1.54) is 4.68 Å². The van der Waals surface area contributed by atoms with Crippen molar-refractivity contribution in [3.8, 4) is 0 Å². The highest BCUT2D eigenvalue weighted by Crippen LogP contribution is 2.19. The standard InChI is InChI=1S/C14H23N3O3/c1-14(2,19)5-7-17-13(18)8-11(9-15-17)16-6-4-12(10-16)20-3/h8-9,12,19H,4-7,10H2,1-3H3. The normalized spacial score (nSPS) is 19.6. The Bertz CT molecular complexity index is 507. The molecule has 1 fully saturated rings. The number of ether oxygens (including phenoxy) is 1. The Morgan fingerprint density at radius 2 is 2.30 bits per heavy atom. The van der Waals surface area contributed by atoms with E-state index in [2.05, 4.69) is 10.00 Å². The highest BCUT2D eigenvalue weighted by molar-refractivity contribution is 5.44. The van der Waals surface area contributed by atoms with Gasteiger partial charge < -0.3 is 14.7 Å². The maximum absolute atomic E-state index is 12.0. The summed E-state index contributed by atoms with van der Waals surface area (Å²) in [6.45, 7) is 5.55.